The number of carbonyl (C=O) groups excluding carboxylic acids is 1. The average Bonchev–Trinajstić information content (AvgIpc) is 3.12. The standard InChI is InChI=1S/C24H20Cl2N2O3S/c1-14-9-15(2)11-19(10-14)32(30,31)23-20-12-18(26)7-8-21(20)28-22(23)24(29)27-13-16-3-5-17(25)6-4-16/h3-12,28H,13H2,1-2H3,(H,27,29). The first kappa shape index (κ1) is 22.4. The van der Waals surface area contributed by atoms with Crippen LogP contribution in [0.4, 0.5) is 0 Å². The summed E-state index contributed by atoms with van der Waals surface area (Å²) in [6.07, 6.45) is 0. The van der Waals surface area contributed by atoms with Crippen molar-refractivity contribution in [3.8, 4) is 0 Å². The van der Waals surface area contributed by atoms with E-state index in [1.54, 1.807) is 54.6 Å². The van der Waals surface area contributed by atoms with E-state index in [0.29, 0.717) is 20.9 Å². The Balaban J connectivity index is 1.82. The molecule has 3 aromatic carbocycles. The second kappa shape index (κ2) is 8.62. The van der Waals surface area contributed by atoms with Crippen LogP contribution in [0.2, 0.25) is 10.0 Å². The molecule has 4 rings (SSSR count). The lowest BCUT2D eigenvalue weighted by Crippen LogP contribution is -2.25. The third-order valence-electron chi connectivity index (χ3n) is 5.08. The highest BCUT2D eigenvalue weighted by atomic mass is 35.5. The van der Waals surface area contributed by atoms with E-state index in [9.17, 15) is 13.2 Å². The lowest BCUT2D eigenvalue weighted by atomic mass is 10.2. The van der Waals surface area contributed by atoms with Crippen molar-refractivity contribution in [3.05, 3.63) is 93.1 Å². The largest absolute Gasteiger partial charge is 0.349 e. The third-order valence-corrected chi connectivity index (χ3v) is 7.39. The molecule has 8 heteroatoms. The Morgan fingerprint density at radius 2 is 1.53 bits per heavy atom. The summed E-state index contributed by atoms with van der Waals surface area (Å²) in [6.45, 7) is 3.88. The summed E-state index contributed by atoms with van der Waals surface area (Å²) < 4.78 is 27.4. The van der Waals surface area contributed by atoms with Gasteiger partial charge in [-0.1, -0.05) is 41.4 Å². The molecule has 2 N–H and O–H groups in total. The van der Waals surface area contributed by atoms with Gasteiger partial charge in [-0.3, -0.25) is 4.79 Å². The number of hydrogen-bond acceptors (Lipinski definition) is 3. The highest BCUT2D eigenvalue weighted by Crippen LogP contribution is 2.34. The van der Waals surface area contributed by atoms with Gasteiger partial charge in [0.15, 0.2) is 0 Å². The Morgan fingerprint density at radius 3 is 2.19 bits per heavy atom. The summed E-state index contributed by atoms with van der Waals surface area (Å²) in [6, 6.07) is 17.0. The van der Waals surface area contributed by atoms with Crippen molar-refractivity contribution in [2.75, 3.05) is 0 Å². The van der Waals surface area contributed by atoms with Crippen molar-refractivity contribution in [1.82, 2.24) is 10.3 Å². The number of amides is 1. The number of nitrogens with one attached hydrogen (secondary N) is 2. The minimum Gasteiger partial charge on any atom is -0.349 e. The predicted octanol–water partition coefficient (Wildman–Crippen LogP) is 5.85. The van der Waals surface area contributed by atoms with E-state index in [1.807, 2.05) is 19.9 Å². The van der Waals surface area contributed by atoms with Crippen LogP contribution in [0.3, 0.4) is 0 Å². The van der Waals surface area contributed by atoms with Gasteiger partial charge in [0.2, 0.25) is 9.84 Å². The third kappa shape index (κ3) is 4.39. The molecule has 0 radical (unpaired) electrons. The van der Waals surface area contributed by atoms with E-state index in [0.717, 1.165) is 16.7 Å². The minimum atomic E-state index is -4.02. The number of fused-ring (bicyclic) bond motifs is 1. The molecule has 0 aliphatic heterocycles. The molecule has 0 fully saturated rings. The maximum absolute atomic E-state index is 13.7. The predicted molar refractivity (Wildman–Crippen MR) is 127 cm³/mol. The molecule has 1 amide bonds. The lowest BCUT2D eigenvalue weighted by Gasteiger charge is -2.10. The molecule has 1 heterocycles. The summed E-state index contributed by atoms with van der Waals surface area (Å²) >= 11 is 12.1. The summed E-state index contributed by atoms with van der Waals surface area (Å²) in [5, 5.41) is 4.12. The summed E-state index contributed by atoms with van der Waals surface area (Å²) in [5.41, 5.74) is 2.94. The molecular formula is C24H20Cl2N2O3S. The van der Waals surface area contributed by atoms with Crippen LogP contribution in [0.1, 0.15) is 27.2 Å². The Bertz CT molecular complexity index is 1420. The number of carbonyl (C=O) groups is 1. The topological polar surface area (TPSA) is 79.0 Å². The monoisotopic (exact) mass is 486 g/mol. The van der Waals surface area contributed by atoms with E-state index in [1.165, 1.54) is 0 Å². The van der Waals surface area contributed by atoms with E-state index in [2.05, 4.69) is 10.3 Å². The number of aromatic amines is 1. The van der Waals surface area contributed by atoms with Gasteiger partial charge in [0.25, 0.3) is 5.91 Å². The van der Waals surface area contributed by atoms with Crippen molar-refractivity contribution in [2.45, 2.75) is 30.2 Å². The van der Waals surface area contributed by atoms with Gasteiger partial charge in [-0.05, 0) is 73.0 Å². The quantitative estimate of drug-likeness (QED) is 0.371. The van der Waals surface area contributed by atoms with Crippen molar-refractivity contribution < 1.29 is 13.2 Å². The molecule has 5 nitrogen and oxygen atoms in total. The molecule has 0 bridgehead atoms. The highest BCUT2D eigenvalue weighted by molar-refractivity contribution is 7.91. The van der Waals surface area contributed by atoms with Crippen molar-refractivity contribution in [2.24, 2.45) is 0 Å². The van der Waals surface area contributed by atoms with Crippen LogP contribution < -0.4 is 5.32 Å². The van der Waals surface area contributed by atoms with Crippen LogP contribution in [-0.2, 0) is 16.4 Å². The van der Waals surface area contributed by atoms with Gasteiger partial charge >= 0.3 is 0 Å². The highest BCUT2D eigenvalue weighted by Gasteiger charge is 2.30. The van der Waals surface area contributed by atoms with Crippen LogP contribution in [0.15, 0.2) is 70.5 Å². The van der Waals surface area contributed by atoms with Gasteiger partial charge in [0.1, 0.15) is 10.6 Å². The molecule has 32 heavy (non-hydrogen) atoms. The molecule has 164 valence electrons. The average molecular weight is 487 g/mol. The van der Waals surface area contributed by atoms with Crippen molar-refractivity contribution in [1.29, 1.82) is 0 Å². The summed E-state index contributed by atoms with van der Waals surface area (Å²) in [5.74, 6) is -0.532. The van der Waals surface area contributed by atoms with Crippen LogP contribution in [0.5, 0.6) is 0 Å². The second-order valence-electron chi connectivity index (χ2n) is 7.66. The molecule has 0 saturated heterocycles. The molecule has 0 aliphatic rings. The number of aromatic nitrogens is 1. The Labute approximate surface area is 196 Å². The molecule has 1 aromatic heterocycles. The normalized spacial score (nSPS) is 11.6. The number of benzene rings is 3. The van der Waals surface area contributed by atoms with E-state index >= 15 is 0 Å². The maximum atomic E-state index is 13.7. The minimum absolute atomic E-state index is 0.0320. The second-order valence-corrected chi connectivity index (χ2v) is 10.4. The Kier molecular flexibility index (Phi) is 6.03. The maximum Gasteiger partial charge on any atom is 0.269 e. The fraction of sp³-hybridized carbons (Fsp3) is 0.125. The molecule has 0 atom stereocenters. The molecular weight excluding hydrogens is 467 g/mol. The van der Waals surface area contributed by atoms with Gasteiger partial charge in [-0.25, -0.2) is 8.42 Å². The Morgan fingerprint density at radius 1 is 0.906 bits per heavy atom. The smallest absolute Gasteiger partial charge is 0.269 e. The first-order valence-corrected chi connectivity index (χ1v) is 12.1. The summed E-state index contributed by atoms with van der Waals surface area (Å²) in [4.78, 5) is 16.1. The molecule has 4 aromatic rings. The first-order valence-electron chi connectivity index (χ1n) is 9.82. The fourth-order valence-corrected chi connectivity index (χ4v) is 5.74. The van der Waals surface area contributed by atoms with Crippen molar-refractivity contribution in [3.63, 3.8) is 0 Å². The van der Waals surface area contributed by atoms with Crippen LogP contribution in [0.25, 0.3) is 10.9 Å². The van der Waals surface area contributed by atoms with Gasteiger partial charge in [0, 0.05) is 27.5 Å². The molecule has 0 spiro atoms. The summed E-state index contributed by atoms with van der Waals surface area (Å²) in [7, 11) is -4.02. The lowest BCUT2D eigenvalue weighted by molar-refractivity contribution is 0.0943. The fourth-order valence-electron chi connectivity index (χ4n) is 3.66. The van der Waals surface area contributed by atoms with E-state index in [-0.39, 0.29) is 22.0 Å². The number of aryl methyl sites for hydroxylation is 2. The molecule has 0 aliphatic carbocycles. The van der Waals surface area contributed by atoms with Gasteiger partial charge < -0.3 is 10.3 Å². The van der Waals surface area contributed by atoms with Gasteiger partial charge in [-0.2, -0.15) is 0 Å². The molecule has 0 unspecified atom stereocenters. The SMILES string of the molecule is Cc1cc(C)cc(S(=O)(=O)c2c(C(=O)NCc3ccc(Cl)cc3)[nH]c3ccc(Cl)cc23)c1. The zero-order chi connectivity index (χ0) is 23.0. The Hall–Kier alpha value is -2.80. The molecule has 0 saturated carbocycles. The zero-order valence-electron chi connectivity index (χ0n) is 17.4. The van der Waals surface area contributed by atoms with Crippen LogP contribution >= 0.6 is 23.2 Å². The van der Waals surface area contributed by atoms with Crippen LogP contribution in [-0.4, -0.2) is 19.3 Å². The number of sulfone groups is 1. The number of hydrogen-bond donors (Lipinski definition) is 2. The van der Waals surface area contributed by atoms with E-state index in [4.69, 9.17) is 23.2 Å². The van der Waals surface area contributed by atoms with Crippen molar-refractivity contribution >= 4 is 49.8 Å². The first-order chi connectivity index (χ1) is 15.1. The van der Waals surface area contributed by atoms with Gasteiger partial charge in [-0.15, -0.1) is 0 Å². The van der Waals surface area contributed by atoms with Crippen LogP contribution in [0, 0.1) is 13.8 Å². The number of H-pyrrole nitrogens is 1. The number of rotatable bonds is 5. The van der Waals surface area contributed by atoms with E-state index < -0.39 is 15.7 Å². The number of halogens is 2. The van der Waals surface area contributed by atoms with Gasteiger partial charge in [0.05, 0.1) is 4.90 Å². The zero-order valence-corrected chi connectivity index (χ0v) is 19.7.